The van der Waals surface area contributed by atoms with Gasteiger partial charge in [0.1, 0.15) is 23.2 Å². The highest BCUT2D eigenvalue weighted by molar-refractivity contribution is 8.00. The summed E-state index contributed by atoms with van der Waals surface area (Å²) in [6.45, 7) is 18.3. The molecule has 21 heteroatoms. The number of amides is 2. The van der Waals surface area contributed by atoms with Crippen LogP contribution in [-0.4, -0.2) is 174 Å². The lowest BCUT2D eigenvalue weighted by molar-refractivity contribution is -0.300. The number of fused-ring (bicyclic) bond motifs is 1. The number of carbonyl (C=O) groups is 4. The first-order valence-corrected chi connectivity index (χ1v) is 29.5. The Morgan fingerprint density at radius 2 is 1.62 bits per heavy atom. The number of ketones is 1. The van der Waals surface area contributed by atoms with E-state index in [2.05, 4.69) is 9.88 Å². The van der Waals surface area contributed by atoms with E-state index in [0.29, 0.717) is 72.1 Å². The second-order valence-corrected chi connectivity index (χ2v) is 24.8. The molecule has 2 amide bonds. The highest BCUT2D eigenvalue weighted by Crippen LogP contribution is 2.57. The maximum Gasteiger partial charge on any atom is 0.320 e. The third kappa shape index (κ3) is 12.7. The van der Waals surface area contributed by atoms with Crippen LogP contribution in [0, 0.1) is 29.1 Å². The Hall–Kier alpha value is -3.66. The zero-order valence-corrected chi connectivity index (χ0v) is 49.9. The first kappa shape index (κ1) is 61.9. The SMILES string of the molecule is CC[C@H]1OC(=O)[C@H](C)[C@@H](O)[C@H](C)[C@@H](O[C@@H]2O[C@H](C)C[C@H](N(C)C(=O)N3CCOCC3)[C@H]2O)[C@](C)(OC)C[C@@H](C)C(=O)C(C)[C@@]2(C)C(SCCN(Cc3c(Cl)cncc3Cl)c3ccc(OC)c(OC4CCCC4)c3)C(=O)O[C@]12C. The predicted molar refractivity (Wildman–Crippen MR) is 297 cm³/mol. The van der Waals surface area contributed by atoms with Gasteiger partial charge in [0.2, 0.25) is 0 Å². The number of pyridine rings is 1. The number of benzene rings is 1. The molecule has 1 aromatic carbocycles. The Bertz CT molecular complexity index is 2400. The number of urea groups is 1. The summed E-state index contributed by atoms with van der Waals surface area (Å²) in [6, 6.07) is 4.79. The Morgan fingerprint density at radius 3 is 2.24 bits per heavy atom. The van der Waals surface area contributed by atoms with Crippen molar-refractivity contribution in [1.82, 2.24) is 14.8 Å². The van der Waals surface area contributed by atoms with Crippen molar-refractivity contribution < 1.29 is 67.3 Å². The van der Waals surface area contributed by atoms with Gasteiger partial charge in [0, 0.05) is 99.0 Å². The van der Waals surface area contributed by atoms with Gasteiger partial charge in [-0.15, -0.1) is 11.8 Å². The molecule has 2 N–H and O–H groups in total. The summed E-state index contributed by atoms with van der Waals surface area (Å²) in [4.78, 5) is 67.9. The second-order valence-electron chi connectivity index (χ2n) is 22.8. The van der Waals surface area contributed by atoms with Gasteiger partial charge in [-0.1, -0.05) is 57.8 Å². The lowest BCUT2D eigenvalue weighted by Gasteiger charge is -2.50. The van der Waals surface area contributed by atoms with Crippen LogP contribution in [0.2, 0.25) is 10.0 Å². The van der Waals surface area contributed by atoms with Crippen molar-refractivity contribution in [3.05, 3.63) is 46.2 Å². The molecule has 4 aliphatic heterocycles. The fourth-order valence-electron chi connectivity index (χ4n) is 12.7. The summed E-state index contributed by atoms with van der Waals surface area (Å²) < 4.78 is 50.1. The quantitative estimate of drug-likeness (QED) is 0.161. The number of hydrogen-bond donors (Lipinski definition) is 2. The molecule has 5 aliphatic rings. The second kappa shape index (κ2) is 26.1. The van der Waals surface area contributed by atoms with Crippen molar-refractivity contribution in [3.63, 3.8) is 0 Å². The molecular formula is C57H84Cl2N4O14S. The van der Waals surface area contributed by atoms with Crippen molar-refractivity contribution in [2.75, 3.05) is 64.8 Å². The van der Waals surface area contributed by atoms with Crippen molar-refractivity contribution in [2.45, 2.75) is 179 Å². The number of nitrogens with zero attached hydrogens (tertiary/aromatic N) is 4. The highest BCUT2D eigenvalue weighted by atomic mass is 35.5. The first-order valence-electron chi connectivity index (χ1n) is 27.7. The zero-order chi connectivity index (χ0) is 57.0. The molecule has 0 bridgehead atoms. The number of esters is 2. The number of rotatable bonds is 15. The van der Waals surface area contributed by atoms with E-state index < -0.39 is 100 Å². The molecule has 18 nitrogen and oxygen atoms in total. The summed E-state index contributed by atoms with van der Waals surface area (Å²) in [7, 11) is 4.75. The summed E-state index contributed by atoms with van der Waals surface area (Å²) in [5.74, 6) is -3.57. The van der Waals surface area contributed by atoms with E-state index in [-0.39, 0.29) is 37.3 Å². The van der Waals surface area contributed by atoms with E-state index >= 15 is 4.79 Å². The van der Waals surface area contributed by atoms with E-state index in [9.17, 15) is 24.6 Å². The van der Waals surface area contributed by atoms with Crippen molar-refractivity contribution in [1.29, 1.82) is 0 Å². The predicted octanol–water partition coefficient (Wildman–Crippen LogP) is 8.39. The molecule has 2 unspecified atom stereocenters. The van der Waals surface area contributed by atoms with Crippen LogP contribution >= 0.6 is 35.0 Å². The van der Waals surface area contributed by atoms with Crippen molar-refractivity contribution in [2.24, 2.45) is 29.1 Å². The summed E-state index contributed by atoms with van der Waals surface area (Å²) in [5, 5.41) is 24.2. The van der Waals surface area contributed by atoms with Crippen LogP contribution in [0.4, 0.5) is 10.5 Å². The molecule has 436 valence electrons. The molecule has 7 rings (SSSR count). The van der Waals surface area contributed by atoms with Crippen LogP contribution in [-0.2, 0) is 49.3 Å². The number of morpholine rings is 1. The molecule has 1 aromatic heterocycles. The minimum atomic E-state index is -1.52. The van der Waals surface area contributed by atoms with Crippen LogP contribution in [0.3, 0.4) is 0 Å². The van der Waals surface area contributed by atoms with E-state index in [1.807, 2.05) is 52.8 Å². The van der Waals surface area contributed by atoms with Gasteiger partial charge in [-0.3, -0.25) is 19.4 Å². The average Bonchev–Trinajstić information content (AvgIpc) is 4.08. The van der Waals surface area contributed by atoms with Crippen LogP contribution in [0.1, 0.15) is 113 Å². The topological polar surface area (TPSA) is 205 Å². The first-order chi connectivity index (χ1) is 36.9. The van der Waals surface area contributed by atoms with Gasteiger partial charge < -0.3 is 62.8 Å². The average molecular weight is 1150 g/mol. The standard InChI is InChI=1S/C57H84Cl2N4O14S/c1-13-45-57(9)56(8,50(52(68)77-57)78-25-22-63(31-39-40(58)29-60-30-41(39)59)37-18-19-43(70-11)44(27-37)74-38-16-14-15-17-38)36(6)46(64)32(2)28-55(7,71-12)49(34(4)47(65)35(5)51(67)75-45)76-53-48(66)42(26-33(3)73-53)61(10)54(69)62-20-23-72-24-21-62/h18-19,27,29-30,32-36,38,42,45,47-50,53,65-66H,13-17,20-26,28,31H2,1-12H3/t32-,33-,34+,35-,36?,42+,45-,47+,48-,49-,50?,53+,55-,56+,57-/m1/s1. The largest absolute Gasteiger partial charge is 0.493 e. The maximum atomic E-state index is 15.5. The molecule has 2 aromatic rings. The molecule has 5 fully saturated rings. The van der Waals surface area contributed by atoms with Gasteiger partial charge >= 0.3 is 18.0 Å². The van der Waals surface area contributed by atoms with Gasteiger partial charge in [-0.25, -0.2) is 4.79 Å². The number of aliphatic hydroxyl groups is 2. The Labute approximate surface area is 475 Å². The van der Waals surface area contributed by atoms with Crippen molar-refractivity contribution in [3.8, 4) is 11.5 Å². The lowest BCUT2D eigenvalue weighted by atomic mass is 9.60. The maximum absolute atomic E-state index is 15.5. The van der Waals surface area contributed by atoms with E-state index in [1.54, 1.807) is 59.1 Å². The molecule has 0 radical (unpaired) electrons. The molecule has 78 heavy (non-hydrogen) atoms. The van der Waals surface area contributed by atoms with Crippen molar-refractivity contribution >= 4 is 64.4 Å². The normalized spacial score (nSPS) is 35.3. The number of methoxy groups -OCH3 is 2. The lowest BCUT2D eigenvalue weighted by Crippen LogP contribution is -2.62. The number of carbonyl (C=O) groups excluding carboxylic acids is 4. The molecule has 4 saturated heterocycles. The Morgan fingerprint density at radius 1 is 0.949 bits per heavy atom. The number of likely N-dealkylation sites (N-methyl/N-ethyl adjacent to an activating group) is 1. The minimum Gasteiger partial charge on any atom is -0.493 e. The van der Waals surface area contributed by atoms with Crippen LogP contribution in [0.15, 0.2) is 30.6 Å². The Balaban J connectivity index is 1.20. The fraction of sp³-hybridized carbons (Fsp3) is 0.737. The van der Waals surface area contributed by atoms with Gasteiger partial charge in [0.25, 0.3) is 0 Å². The van der Waals surface area contributed by atoms with Gasteiger partial charge in [-0.05, 0) is 84.8 Å². The third-order valence-corrected chi connectivity index (χ3v) is 20.0. The van der Waals surface area contributed by atoms with Crippen LogP contribution in [0.25, 0.3) is 0 Å². The number of thioether (sulfide) groups is 1. The van der Waals surface area contributed by atoms with E-state index in [0.717, 1.165) is 31.4 Å². The molecule has 15 atom stereocenters. The third-order valence-electron chi connectivity index (χ3n) is 17.9. The number of aliphatic hydroxyl groups excluding tert-OH is 2. The molecule has 5 heterocycles. The van der Waals surface area contributed by atoms with Crippen LogP contribution < -0.4 is 14.4 Å². The van der Waals surface area contributed by atoms with Crippen LogP contribution in [0.5, 0.6) is 11.5 Å². The number of halogens is 2. The summed E-state index contributed by atoms with van der Waals surface area (Å²) in [5.41, 5.74) is -2.72. The molecular weight excluding hydrogens is 1070 g/mol. The van der Waals surface area contributed by atoms with Gasteiger partial charge in [0.05, 0.1) is 72.3 Å². The Kier molecular flexibility index (Phi) is 20.7. The number of hydrogen-bond acceptors (Lipinski definition) is 17. The summed E-state index contributed by atoms with van der Waals surface area (Å²) >= 11 is 14.8. The number of anilines is 1. The zero-order valence-electron chi connectivity index (χ0n) is 47.5. The number of ether oxygens (including phenoxy) is 8. The minimum absolute atomic E-state index is 0.0600. The molecule has 1 aliphatic carbocycles. The van der Waals surface area contributed by atoms with E-state index in [4.69, 9.17) is 61.1 Å². The fourth-order valence-corrected chi connectivity index (χ4v) is 14.7. The van der Waals surface area contributed by atoms with Gasteiger partial charge in [-0.2, -0.15) is 0 Å². The molecule has 0 spiro atoms. The van der Waals surface area contributed by atoms with Gasteiger partial charge in [0.15, 0.2) is 23.4 Å². The summed E-state index contributed by atoms with van der Waals surface area (Å²) in [6.07, 6.45) is 1.16. The molecule has 1 saturated carbocycles. The highest BCUT2D eigenvalue weighted by Gasteiger charge is 2.69. The monoisotopic (exact) mass is 1150 g/mol. The number of cyclic esters (lactones) is 1. The van der Waals surface area contributed by atoms with E-state index in [1.165, 1.54) is 23.8 Å². The smallest absolute Gasteiger partial charge is 0.320 e. The number of Topliss-reactive ketones (excluding diaryl/α,β-unsaturated/α-hetero) is 1. The number of aromatic nitrogens is 1.